The monoisotopic (exact) mass is 408 g/mol. The van der Waals surface area contributed by atoms with Crippen LogP contribution in [0.5, 0.6) is 0 Å². The Kier molecular flexibility index (Phi) is 5.47. The van der Waals surface area contributed by atoms with Crippen LogP contribution in [0.3, 0.4) is 0 Å². The van der Waals surface area contributed by atoms with Crippen LogP contribution < -0.4 is 0 Å². The van der Waals surface area contributed by atoms with Crippen molar-refractivity contribution in [3.05, 3.63) is 77.0 Å². The third-order valence-electron chi connectivity index (χ3n) is 6.31. The Morgan fingerprint density at radius 1 is 0.903 bits per heavy atom. The molecule has 4 heteroatoms. The summed E-state index contributed by atoms with van der Waals surface area (Å²) in [5.41, 5.74) is 6.97. The molecule has 0 bridgehead atoms. The molecular weight excluding hydrogens is 380 g/mol. The van der Waals surface area contributed by atoms with E-state index in [-0.39, 0.29) is 0 Å². The van der Waals surface area contributed by atoms with E-state index in [9.17, 15) is 0 Å². The average molecular weight is 409 g/mol. The number of nitrogens with zero attached hydrogens (tertiary/aromatic N) is 4. The summed E-state index contributed by atoms with van der Waals surface area (Å²) in [5.74, 6) is 0.605. The molecule has 1 saturated heterocycles. The zero-order chi connectivity index (χ0) is 21.2. The first-order chi connectivity index (χ1) is 15.2. The Morgan fingerprint density at radius 2 is 1.65 bits per heavy atom. The number of hydrogen-bond acceptors (Lipinski definition) is 4. The lowest BCUT2D eigenvalue weighted by Crippen LogP contribution is -2.18. The van der Waals surface area contributed by atoms with E-state index in [1.807, 2.05) is 6.20 Å². The van der Waals surface area contributed by atoms with Crippen molar-refractivity contribution >= 4 is 34.3 Å². The van der Waals surface area contributed by atoms with Crippen LogP contribution in [0.1, 0.15) is 35.1 Å². The van der Waals surface area contributed by atoms with Crippen molar-refractivity contribution < 1.29 is 0 Å². The molecule has 0 radical (unpaired) electrons. The zero-order valence-corrected chi connectivity index (χ0v) is 18.1. The van der Waals surface area contributed by atoms with Gasteiger partial charge in [-0.05, 0) is 86.8 Å². The lowest BCUT2D eigenvalue weighted by Gasteiger charge is -2.14. The molecule has 4 nitrogen and oxygen atoms in total. The minimum atomic E-state index is 0.605. The van der Waals surface area contributed by atoms with Gasteiger partial charge in [0.05, 0.1) is 5.52 Å². The number of benzene rings is 2. The van der Waals surface area contributed by atoms with Gasteiger partial charge in [0.2, 0.25) is 0 Å². The molecule has 1 fully saturated rings. The van der Waals surface area contributed by atoms with Crippen LogP contribution in [-0.4, -0.2) is 34.7 Å². The SMILES string of the molecule is C=Nc1nc2cc(C)ccc2c2cc(CCc3ccc(CN4CCCC4)cc3)cnc12. The van der Waals surface area contributed by atoms with Crippen LogP contribution in [0.2, 0.25) is 0 Å². The van der Waals surface area contributed by atoms with Gasteiger partial charge in [0.15, 0.2) is 5.82 Å². The fourth-order valence-electron chi connectivity index (χ4n) is 4.57. The second kappa shape index (κ2) is 8.56. The molecule has 0 aliphatic carbocycles. The topological polar surface area (TPSA) is 41.4 Å². The number of aliphatic imine (C=N–C) groups is 1. The van der Waals surface area contributed by atoms with Crippen molar-refractivity contribution in [2.45, 2.75) is 39.2 Å². The van der Waals surface area contributed by atoms with Crippen molar-refractivity contribution in [1.29, 1.82) is 0 Å². The number of likely N-dealkylation sites (tertiary alicyclic amines) is 1. The first-order valence-electron chi connectivity index (χ1n) is 11.2. The van der Waals surface area contributed by atoms with Crippen LogP contribution in [0.15, 0.2) is 59.7 Å². The summed E-state index contributed by atoms with van der Waals surface area (Å²) < 4.78 is 0. The van der Waals surface area contributed by atoms with Crippen molar-refractivity contribution in [2.24, 2.45) is 4.99 Å². The maximum Gasteiger partial charge on any atom is 0.178 e. The van der Waals surface area contributed by atoms with E-state index in [2.05, 4.69) is 77.0 Å². The van der Waals surface area contributed by atoms with E-state index >= 15 is 0 Å². The van der Waals surface area contributed by atoms with Gasteiger partial charge in [-0.15, -0.1) is 0 Å². The van der Waals surface area contributed by atoms with E-state index in [0.29, 0.717) is 5.82 Å². The van der Waals surface area contributed by atoms with Crippen molar-refractivity contribution in [3.8, 4) is 0 Å². The van der Waals surface area contributed by atoms with E-state index in [1.165, 1.54) is 48.2 Å². The molecule has 156 valence electrons. The highest BCUT2D eigenvalue weighted by Crippen LogP contribution is 2.30. The van der Waals surface area contributed by atoms with Gasteiger partial charge in [0, 0.05) is 23.5 Å². The molecule has 2 aromatic heterocycles. The van der Waals surface area contributed by atoms with E-state index in [4.69, 9.17) is 4.98 Å². The molecule has 4 aromatic rings. The summed E-state index contributed by atoms with van der Waals surface area (Å²) in [4.78, 5) is 16.0. The average Bonchev–Trinajstić information content (AvgIpc) is 3.30. The van der Waals surface area contributed by atoms with Crippen LogP contribution in [0, 0.1) is 6.92 Å². The van der Waals surface area contributed by atoms with Crippen molar-refractivity contribution in [1.82, 2.24) is 14.9 Å². The number of rotatable bonds is 6. The molecule has 2 aromatic carbocycles. The van der Waals surface area contributed by atoms with E-state index in [1.54, 1.807) is 0 Å². The van der Waals surface area contributed by atoms with Gasteiger partial charge in [0.25, 0.3) is 0 Å². The molecule has 1 aliphatic heterocycles. The lowest BCUT2D eigenvalue weighted by atomic mass is 10.0. The number of fused-ring (bicyclic) bond motifs is 3. The standard InChI is InChI=1S/C27H28N4/c1-19-5-12-23-24-16-22(17-29-26(24)27(28-2)30-25(23)15-19)11-8-20-6-9-21(10-7-20)18-31-13-3-4-14-31/h5-7,9-10,12,15-17H,2-4,8,11,13-14,18H2,1H3. The van der Waals surface area contributed by atoms with Gasteiger partial charge in [-0.3, -0.25) is 9.88 Å². The molecule has 0 unspecified atom stereocenters. The van der Waals surface area contributed by atoms with Crippen molar-refractivity contribution in [2.75, 3.05) is 13.1 Å². The van der Waals surface area contributed by atoms with Gasteiger partial charge in [-0.1, -0.05) is 36.4 Å². The van der Waals surface area contributed by atoms with Crippen LogP contribution in [-0.2, 0) is 19.4 Å². The quantitative estimate of drug-likeness (QED) is 0.299. The third-order valence-corrected chi connectivity index (χ3v) is 6.31. The fourth-order valence-corrected chi connectivity index (χ4v) is 4.57. The van der Waals surface area contributed by atoms with Gasteiger partial charge in [-0.25, -0.2) is 9.98 Å². The van der Waals surface area contributed by atoms with Crippen molar-refractivity contribution in [3.63, 3.8) is 0 Å². The summed E-state index contributed by atoms with van der Waals surface area (Å²) in [7, 11) is 0. The molecule has 31 heavy (non-hydrogen) atoms. The molecule has 0 saturated carbocycles. The van der Waals surface area contributed by atoms with Gasteiger partial charge < -0.3 is 0 Å². The molecule has 0 amide bonds. The number of hydrogen-bond donors (Lipinski definition) is 0. The minimum absolute atomic E-state index is 0.605. The number of pyridine rings is 2. The fraction of sp³-hybridized carbons (Fsp3) is 0.296. The second-order valence-corrected chi connectivity index (χ2v) is 8.65. The maximum atomic E-state index is 4.71. The first kappa shape index (κ1) is 19.8. The highest BCUT2D eigenvalue weighted by atomic mass is 15.1. The van der Waals surface area contributed by atoms with E-state index in [0.717, 1.165) is 41.2 Å². The molecule has 5 rings (SSSR count). The lowest BCUT2D eigenvalue weighted by molar-refractivity contribution is 0.331. The summed E-state index contributed by atoms with van der Waals surface area (Å²) in [5, 5.41) is 2.22. The summed E-state index contributed by atoms with van der Waals surface area (Å²) in [6.07, 6.45) is 6.60. The predicted molar refractivity (Wildman–Crippen MR) is 129 cm³/mol. The molecule has 3 heterocycles. The molecule has 0 atom stereocenters. The van der Waals surface area contributed by atoms with Crippen LogP contribution in [0.25, 0.3) is 21.8 Å². The van der Waals surface area contributed by atoms with E-state index < -0.39 is 0 Å². The summed E-state index contributed by atoms with van der Waals surface area (Å²) in [6, 6.07) is 17.7. The highest BCUT2D eigenvalue weighted by Gasteiger charge is 2.12. The Bertz CT molecular complexity index is 1240. The largest absolute Gasteiger partial charge is 0.299 e. The smallest absolute Gasteiger partial charge is 0.178 e. The second-order valence-electron chi connectivity index (χ2n) is 8.65. The molecule has 0 spiro atoms. The minimum Gasteiger partial charge on any atom is -0.299 e. The normalized spacial score (nSPS) is 14.5. The van der Waals surface area contributed by atoms with Gasteiger partial charge in [0.1, 0.15) is 5.52 Å². The predicted octanol–water partition coefficient (Wildman–Crippen LogP) is 5.80. The van der Waals surface area contributed by atoms with Gasteiger partial charge in [-0.2, -0.15) is 0 Å². The van der Waals surface area contributed by atoms with Gasteiger partial charge >= 0.3 is 0 Å². The Labute approximate surface area is 183 Å². The Balaban J connectivity index is 1.36. The Hall–Kier alpha value is -3.11. The zero-order valence-electron chi connectivity index (χ0n) is 18.1. The number of aromatic nitrogens is 2. The first-order valence-corrected chi connectivity index (χ1v) is 11.2. The number of aryl methyl sites for hydroxylation is 3. The van der Waals surface area contributed by atoms with Crippen LogP contribution in [0.4, 0.5) is 5.82 Å². The maximum absolute atomic E-state index is 4.71. The van der Waals surface area contributed by atoms with Crippen LogP contribution >= 0.6 is 0 Å². The third kappa shape index (κ3) is 4.21. The molecular formula is C27H28N4. The Morgan fingerprint density at radius 3 is 2.42 bits per heavy atom. The summed E-state index contributed by atoms with van der Waals surface area (Å²) in [6.45, 7) is 9.33. The highest BCUT2D eigenvalue weighted by molar-refractivity contribution is 6.08. The molecule has 0 N–H and O–H groups in total. The molecule has 1 aliphatic rings. The summed E-state index contributed by atoms with van der Waals surface area (Å²) >= 11 is 0.